The van der Waals surface area contributed by atoms with Crippen molar-refractivity contribution in [3.8, 4) is 0 Å². The molecule has 0 saturated carbocycles. The van der Waals surface area contributed by atoms with Crippen LogP contribution in [0.5, 0.6) is 0 Å². The number of halogens is 1. The smallest absolute Gasteiger partial charge is 0.444 e. The lowest BCUT2D eigenvalue weighted by molar-refractivity contribution is 0.00578. The van der Waals surface area contributed by atoms with Gasteiger partial charge >= 0.3 is 13.2 Å². The van der Waals surface area contributed by atoms with Gasteiger partial charge in [-0.3, -0.25) is 4.79 Å². The zero-order chi connectivity index (χ0) is 24.8. The number of likely N-dealkylation sites (tertiary alicyclic amines) is 1. The Morgan fingerprint density at radius 2 is 1.79 bits per heavy atom. The highest BCUT2D eigenvalue weighted by atomic mass is 19.1. The van der Waals surface area contributed by atoms with Gasteiger partial charge in [-0.1, -0.05) is 6.07 Å². The highest BCUT2D eigenvalue weighted by Gasteiger charge is 2.52. The van der Waals surface area contributed by atoms with E-state index in [2.05, 4.69) is 5.32 Å². The molecule has 2 aliphatic rings. The lowest BCUT2D eigenvalue weighted by Crippen LogP contribution is -2.50. The van der Waals surface area contributed by atoms with Gasteiger partial charge in [0.25, 0.3) is 5.91 Å². The Balaban J connectivity index is 1.73. The SMILES string of the molecule is Cc1cc(B2OC(C)(C)C(C)(C)O2)cc(F)c1C(=O)N1CCCC(NC(=O)OC(C)(C)C)C1. The molecule has 9 heteroatoms. The number of piperidine rings is 1. The Morgan fingerprint density at radius 1 is 1.18 bits per heavy atom. The molecule has 7 nitrogen and oxygen atoms in total. The van der Waals surface area contributed by atoms with Crippen molar-refractivity contribution in [2.75, 3.05) is 13.1 Å². The summed E-state index contributed by atoms with van der Waals surface area (Å²) in [7, 11) is -0.704. The van der Waals surface area contributed by atoms with E-state index in [4.69, 9.17) is 14.0 Å². The van der Waals surface area contributed by atoms with Gasteiger partial charge in [0.2, 0.25) is 0 Å². The highest BCUT2D eigenvalue weighted by Crippen LogP contribution is 2.36. The van der Waals surface area contributed by atoms with Gasteiger partial charge in [-0.15, -0.1) is 0 Å². The number of alkyl carbamates (subject to hydrolysis) is 1. The predicted molar refractivity (Wildman–Crippen MR) is 125 cm³/mol. The van der Waals surface area contributed by atoms with Crippen molar-refractivity contribution in [1.82, 2.24) is 10.2 Å². The third-order valence-electron chi connectivity index (χ3n) is 6.48. The van der Waals surface area contributed by atoms with Crippen molar-refractivity contribution in [2.24, 2.45) is 0 Å². The van der Waals surface area contributed by atoms with Crippen LogP contribution in [0.2, 0.25) is 0 Å². The Morgan fingerprint density at radius 3 is 2.33 bits per heavy atom. The second kappa shape index (κ2) is 8.91. The summed E-state index contributed by atoms with van der Waals surface area (Å²) in [5.41, 5.74) is -0.586. The molecule has 182 valence electrons. The van der Waals surface area contributed by atoms with Crippen LogP contribution in [0, 0.1) is 12.7 Å². The van der Waals surface area contributed by atoms with Gasteiger partial charge in [-0.05, 0) is 85.3 Å². The minimum Gasteiger partial charge on any atom is -0.444 e. The topological polar surface area (TPSA) is 77.1 Å². The Hall–Kier alpha value is -2.13. The number of nitrogens with one attached hydrogen (secondary N) is 1. The van der Waals surface area contributed by atoms with Gasteiger partial charge in [0.15, 0.2) is 0 Å². The maximum Gasteiger partial charge on any atom is 0.494 e. The van der Waals surface area contributed by atoms with Crippen LogP contribution in [-0.4, -0.2) is 60.0 Å². The summed E-state index contributed by atoms with van der Waals surface area (Å²) < 4.78 is 32.6. The molecule has 3 rings (SSSR count). The minimum atomic E-state index is -0.704. The van der Waals surface area contributed by atoms with Crippen molar-refractivity contribution in [3.05, 3.63) is 29.1 Å². The number of nitrogens with zero attached hydrogens (tertiary/aromatic N) is 1. The number of ether oxygens (including phenoxy) is 1. The molecule has 2 saturated heterocycles. The van der Waals surface area contributed by atoms with Gasteiger partial charge < -0.3 is 24.3 Å². The Kier molecular flexibility index (Phi) is 6.88. The second-order valence-corrected chi connectivity index (χ2v) is 11.0. The quantitative estimate of drug-likeness (QED) is 0.696. The average molecular weight is 462 g/mol. The van der Waals surface area contributed by atoms with E-state index in [1.54, 1.807) is 38.7 Å². The van der Waals surface area contributed by atoms with Crippen LogP contribution in [-0.2, 0) is 14.0 Å². The van der Waals surface area contributed by atoms with Crippen LogP contribution in [0.15, 0.2) is 12.1 Å². The third kappa shape index (κ3) is 5.69. The second-order valence-electron chi connectivity index (χ2n) is 11.0. The summed E-state index contributed by atoms with van der Waals surface area (Å²) in [5.74, 6) is -0.993. The summed E-state index contributed by atoms with van der Waals surface area (Å²) in [6.07, 6.45) is 0.917. The summed E-state index contributed by atoms with van der Waals surface area (Å²) in [6, 6.07) is 2.83. The first-order valence-corrected chi connectivity index (χ1v) is 11.5. The molecule has 1 atom stereocenters. The summed E-state index contributed by atoms with van der Waals surface area (Å²) in [5, 5.41) is 2.82. The first-order valence-electron chi connectivity index (χ1n) is 11.5. The molecule has 1 aromatic rings. The van der Waals surface area contributed by atoms with Crippen LogP contribution >= 0.6 is 0 Å². The largest absolute Gasteiger partial charge is 0.494 e. The van der Waals surface area contributed by atoms with E-state index in [1.807, 2.05) is 27.7 Å². The van der Waals surface area contributed by atoms with Crippen LogP contribution in [0.3, 0.4) is 0 Å². The van der Waals surface area contributed by atoms with Crippen molar-refractivity contribution in [2.45, 2.75) is 91.1 Å². The zero-order valence-electron chi connectivity index (χ0n) is 21.0. The van der Waals surface area contributed by atoms with Crippen LogP contribution < -0.4 is 10.8 Å². The predicted octanol–water partition coefficient (Wildman–Crippen LogP) is 3.56. The minimum absolute atomic E-state index is 0.0354. The molecule has 2 amide bonds. The number of aryl methyl sites for hydroxylation is 1. The molecular formula is C24H36BFN2O5. The first kappa shape index (κ1) is 25.5. The van der Waals surface area contributed by atoms with Gasteiger partial charge in [0, 0.05) is 19.1 Å². The van der Waals surface area contributed by atoms with Gasteiger partial charge in [0.1, 0.15) is 11.4 Å². The van der Waals surface area contributed by atoms with E-state index in [1.165, 1.54) is 6.07 Å². The van der Waals surface area contributed by atoms with E-state index in [-0.39, 0.29) is 17.5 Å². The van der Waals surface area contributed by atoms with Gasteiger partial charge in [-0.2, -0.15) is 0 Å². The van der Waals surface area contributed by atoms with Crippen LogP contribution in [0.4, 0.5) is 9.18 Å². The molecule has 2 fully saturated rings. The molecule has 2 aliphatic heterocycles. The fraction of sp³-hybridized carbons (Fsp3) is 0.667. The number of amides is 2. The molecule has 0 spiro atoms. The fourth-order valence-corrected chi connectivity index (χ4v) is 4.07. The normalized spacial score (nSPS) is 22.3. The van der Waals surface area contributed by atoms with E-state index in [9.17, 15) is 9.59 Å². The molecule has 2 heterocycles. The van der Waals surface area contributed by atoms with Gasteiger partial charge in [0.05, 0.1) is 16.8 Å². The number of benzene rings is 1. The molecule has 0 aromatic heterocycles. The van der Waals surface area contributed by atoms with Gasteiger partial charge in [-0.25, -0.2) is 9.18 Å². The summed E-state index contributed by atoms with van der Waals surface area (Å²) in [4.78, 5) is 26.9. The molecule has 1 aromatic carbocycles. The standard InChI is InChI=1S/C24H36BFN2O5/c1-15-12-16(25-32-23(5,6)24(7,8)33-25)13-18(26)19(15)20(29)28-11-9-10-17(14-28)27-21(30)31-22(2,3)4/h12-13,17H,9-11,14H2,1-8H3,(H,27,30). The molecular weight excluding hydrogens is 426 g/mol. The van der Waals surface area contributed by atoms with E-state index in [0.29, 0.717) is 30.5 Å². The molecule has 1 N–H and O–H groups in total. The van der Waals surface area contributed by atoms with Crippen LogP contribution in [0.25, 0.3) is 0 Å². The summed E-state index contributed by atoms with van der Waals surface area (Å²) >= 11 is 0. The zero-order valence-corrected chi connectivity index (χ0v) is 21.0. The molecule has 0 bridgehead atoms. The van der Waals surface area contributed by atoms with Crippen molar-refractivity contribution in [3.63, 3.8) is 0 Å². The fourth-order valence-electron chi connectivity index (χ4n) is 4.07. The summed E-state index contributed by atoms with van der Waals surface area (Å²) in [6.45, 7) is 15.6. The first-order chi connectivity index (χ1) is 15.1. The number of hydrogen-bond donors (Lipinski definition) is 1. The average Bonchev–Trinajstić information content (AvgIpc) is 2.87. The maximum atomic E-state index is 15.2. The molecule has 0 aliphatic carbocycles. The molecule has 1 unspecified atom stereocenters. The highest BCUT2D eigenvalue weighted by molar-refractivity contribution is 6.62. The van der Waals surface area contributed by atoms with E-state index >= 15 is 4.39 Å². The van der Waals surface area contributed by atoms with Crippen molar-refractivity contribution in [1.29, 1.82) is 0 Å². The lowest BCUT2D eigenvalue weighted by Gasteiger charge is -2.34. The van der Waals surface area contributed by atoms with E-state index in [0.717, 1.165) is 6.42 Å². The van der Waals surface area contributed by atoms with E-state index < -0.39 is 35.8 Å². The number of carbonyl (C=O) groups excluding carboxylic acids is 2. The van der Waals surface area contributed by atoms with Crippen LogP contribution in [0.1, 0.15) is 77.2 Å². The number of hydrogen-bond acceptors (Lipinski definition) is 5. The molecule has 0 radical (unpaired) electrons. The number of carbonyl (C=O) groups is 2. The van der Waals surface area contributed by atoms with Crippen molar-refractivity contribution < 1.29 is 28.0 Å². The Bertz CT molecular complexity index is 889. The monoisotopic (exact) mass is 462 g/mol. The lowest BCUT2D eigenvalue weighted by atomic mass is 9.77. The van der Waals surface area contributed by atoms with Crippen molar-refractivity contribution >= 4 is 24.6 Å². The Labute approximate surface area is 196 Å². The number of rotatable bonds is 3. The molecule has 33 heavy (non-hydrogen) atoms. The third-order valence-corrected chi connectivity index (χ3v) is 6.48. The maximum absolute atomic E-state index is 15.2.